The third-order valence-corrected chi connectivity index (χ3v) is 14.5. The number of para-hydroxylation sites is 3. The lowest BCUT2D eigenvalue weighted by molar-refractivity contribution is 0.709. The van der Waals surface area contributed by atoms with E-state index >= 15 is 0 Å². The zero-order chi connectivity index (χ0) is 35.4. The van der Waals surface area contributed by atoms with Crippen LogP contribution in [0.2, 0.25) is 13.1 Å². The molecule has 0 N–H and O–H groups in total. The van der Waals surface area contributed by atoms with Crippen molar-refractivity contribution in [3.8, 4) is 28.1 Å². The Bertz CT molecular complexity index is 2590. The first kappa shape index (κ1) is 32.0. The molecule has 5 heteroatoms. The van der Waals surface area contributed by atoms with Crippen LogP contribution in [0.4, 0.5) is 17.1 Å². The van der Waals surface area contributed by atoms with Gasteiger partial charge in [0.15, 0.2) is 0 Å². The molecule has 0 fully saturated rings. The van der Waals surface area contributed by atoms with Crippen LogP contribution in [-0.2, 0) is 0 Å². The molecule has 0 saturated heterocycles. The Labute approximate surface area is 307 Å². The van der Waals surface area contributed by atoms with Crippen LogP contribution in [-0.4, -0.2) is 30.3 Å². The van der Waals surface area contributed by atoms with Gasteiger partial charge in [0.2, 0.25) is 0 Å². The number of rotatable bonds is 7. The van der Waals surface area contributed by atoms with Crippen molar-refractivity contribution >= 4 is 57.3 Å². The molecular formula is C47H42N4Si. The summed E-state index contributed by atoms with van der Waals surface area (Å²) < 4.78 is 2.37. The monoisotopic (exact) mass is 690 g/mol. The van der Waals surface area contributed by atoms with Crippen molar-refractivity contribution in [3.05, 3.63) is 164 Å². The molecule has 8 aromatic rings. The van der Waals surface area contributed by atoms with E-state index in [4.69, 9.17) is 4.98 Å². The number of pyridine rings is 1. The molecule has 0 spiro atoms. The molecular weight excluding hydrogens is 649 g/mol. The van der Waals surface area contributed by atoms with Gasteiger partial charge in [0.25, 0.3) is 0 Å². The van der Waals surface area contributed by atoms with Gasteiger partial charge in [-0.15, -0.1) is 0 Å². The maximum Gasteiger partial charge on any atom is 0.138 e. The van der Waals surface area contributed by atoms with E-state index in [0.29, 0.717) is 6.04 Å². The molecule has 2 aromatic heterocycles. The summed E-state index contributed by atoms with van der Waals surface area (Å²) in [4.78, 5) is 9.98. The molecule has 0 radical (unpaired) electrons. The van der Waals surface area contributed by atoms with Crippen LogP contribution in [0.1, 0.15) is 13.8 Å². The van der Waals surface area contributed by atoms with E-state index in [1.54, 1.807) is 0 Å². The molecule has 0 aliphatic carbocycles. The standard InChI is InChI=1S/C47H42N4Si/c1-33(2)49-32-50(45-24-13-12-23-44(45)49)36-17-14-18-37(30-36)52(3,4)38-25-26-42-41-21-10-11-22-43(41)51(46(42)31-38)47-29-35(27-28-48-47)40-20-9-8-19-39(40)34-15-6-5-7-16-34/h5-31,33H,32H2,1-4H3. The summed E-state index contributed by atoms with van der Waals surface area (Å²) >= 11 is 0. The van der Waals surface area contributed by atoms with Crippen LogP contribution >= 0.6 is 0 Å². The Balaban J connectivity index is 1.15. The minimum Gasteiger partial charge on any atom is -0.349 e. The van der Waals surface area contributed by atoms with Gasteiger partial charge in [-0.05, 0) is 84.6 Å². The molecule has 0 bridgehead atoms. The molecule has 6 aromatic carbocycles. The predicted octanol–water partition coefficient (Wildman–Crippen LogP) is 10.7. The van der Waals surface area contributed by atoms with E-state index in [1.807, 2.05) is 6.20 Å². The van der Waals surface area contributed by atoms with E-state index < -0.39 is 8.07 Å². The second kappa shape index (κ2) is 12.7. The van der Waals surface area contributed by atoms with Crippen LogP contribution in [0.25, 0.3) is 49.9 Å². The normalized spacial score (nSPS) is 13.0. The molecule has 1 aliphatic heterocycles. The summed E-state index contributed by atoms with van der Waals surface area (Å²) in [5.41, 5.74) is 11.0. The summed E-state index contributed by atoms with van der Waals surface area (Å²) in [7, 11) is -2.14. The van der Waals surface area contributed by atoms with Gasteiger partial charge in [-0.3, -0.25) is 4.57 Å². The fourth-order valence-corrected chi connectivity index (χ4v) is 10.4. The number of hydrogen-bond donors (Lipinski definition) is 0. The number of aromatic nitrogens is 2. The van der Waals surface area contributed by atoms with Gasteiger partial charge >= 0.3 is 0 Å². The minimum atomic E-state index is -2.14. The van der Waals surface area contributed by atoms with Gasteiger partial charge in [0.05, 0.1) is 29.1 Å². The molecule has 254 valence electrons. The Morgan fingerprint density at radius 1 is 0.558 bits per heavy atom. The van der Waals surface area contributed by atoms with Crippen LogP contribution in [0, 0.1) is 0 Å². The Kier molecular flexibility index (Phi) is 7.82. The highest BCUT2D eigenvalue weighted by Gasteiger charge is 2.31. The smallest absolute Gasteiger partial charge is 0.138 e. The molecule has 0 unspecified atom stereocenters. The quantitative estimate of drug-likeness (QED) is 0.156. The molecule has 1 aliphatic rings. The number of benzene rings is 6. The van der Waals surface area contributed by atoms with Crippen molar-refractivity contribution in [1.82, 2.24) is 9.55 Å². The first-order valence-corrected chi connectivity index (χ1v) is 21.3. The Morgan fingerprint density at radius 3 is 2.04 bits per heavy atom. The van der Waals surface area contributed by atoms with Gasteiger partial charge in [-0.25, -0.2) is 4.98 Å². The van der Waals surface area contributed by atoms with Crippen LogP contribution in [0.5, 0.6) is 0 Å². The lowest BCUT2D eigenvalue weighted by Crippen LogP contribution is -2.53. The maximum atomic E-state index is 5.02. The van der Waals surface area contributed by atoms with Crippen molar-refractivity contribution in [2.24, 2.45) is 0 Å². The molecule has 9 rings (SSSR count). The van der Waals surface area contributed by atoms with Crippen LogP contribution in [0.15, 0.2) is 164 Å². The average molecular weight is 691 g/mol. The van der Waals surface area contributed by atoms with Crippen molar-refractivity contribution in [2.75, 3.05) is 16.5 Å². The van der Waals surface area contributed by atoms with E-state index in [1.165, 1.54) is 65.9 Å². The second-order valence-corrected chi connectivity index (χ2v) is 19.1. The third kappa shape index (κ3) is 5.32. The minimum absolute atomic E-state index is 0.424. The largest absolute Gasteiger partial charge is 0.349 e. The van der Waals surface area contributed by atoms with E-state index in [9.17, 15) is 0 Å². The maximum absolute atomic E-state index is 5.02. The lowest BCUT2D eigenvalue weighted by atomic mass is 9.95. The first-order chi connectivity index (χ1) is 25.4. The highest BCUT2D eigenvalue weighted by atomic mass is 28.3. The van der Waals surface area contributed by atoms with Crippen molar-refractivity contribution in [2.45, 2.75) is 33.0 Å². The summed E-state index contributed by atoms with van der Waals surface area (Å²) in [5.74, 6) is 0.924. The SMILES string of the molecule is CC(C)N1CN(c2cccc([Si](C)(C)c3ccc4c5ccccc5n(-c5cc(-c6ccccc6-c6ccccc6)ccn5)c4c3)c2)c2ccccc21. The summed E-state index contributed by atoms with van der Waals surface area (Å²) in [6.07, 6.45) is 1.96. The predicted molar refractivity (Wildman–Crippen MR) is 224 cm³/mol. The van der Waals surface area contributed by atoms with Gasteiger partial charge in [-0.2, -0.15) is 0 Å². The molecule has 0 amide bonds. The highest BCUT2D eigenvalue weighted by molar-refractivity contribution is 7.00. The van der Waals surface area contributed by atoms with Gasteiger partial charge in [-0.1, -0.05) is 133 Å². The topological polar surface area (TPSA) is 24.3 Å². The fourth-order valence-electron chi connectivity index (χ4n) is 8.05. The Morgan fingerprint density at radius 2 is 1.23 bits per heavy atom. The van der Waals surface area contributed by atoms with Crippen LogP contribution in [0.3, 0.4) is 0 Å². The van der Waals surface area contributed by atoms with Gasteiger partial charge in [0.1, 0.15) is 13.9 Å². The zero-order valence-corrected chi connectivity index (χ0v) is 31.2. The van der Waals surface area contributed by atoms with Crippen molar-refractivity contribution in [1.29, 1.82) is 0 Å². The first-order valence-electron chi connectivity index (χ1n) is 18.3. The second-order valence-electron chi connectivity index (χ2n) is 14.7. The summed E-state index contributed by atoms with van der Waals surface area (Å²) in [6.45, 7) is 10.4. The summed E-state index contributed by atoms with van der Waals surface area (Å²) in [6, 6.07) is 58.1. The molecule has 0 atom stereocenters. The molecule has 3 heterocycles. The highest BCUT2D eigenvalue weighted by Crippen LogP contribution is 2.41. The number of anilines is 3. The fraction of sp³-hybridized carbons (Fsp3) is 0.128. The van der Waals surface area contributed by atoms with Crippen molar-refractivity contribution in [3.63, 3.8) is 0 Å². The van der Waals surface area contributed by atoms with Crippen molar-refractivity contribution < 1.29 is 0 Å². The van der Waals surface area contributed by atoms with E-state index in [2.05, 4.69) is 199 Å². The average Bonchev–Trinajstić information content (AvgIpc) is 3.75. The molecule has 0 saturated carbocycles. The van der Waals surface area contributed by atoms with Crippen LogP contribution < -0.4 is 20.2 Å². The molecule has 4 nitrogen and oxygen atoms in total. The third-order valence-electron chi connectivity index (χ3n) is 11.0. The Hall–Kier alpha value is -5.91. The van der Waals surface area contributed by atoms with E-state index in [-0.39, 0.29) is 0 Å². The number of hydrogen-bond acceptors (Lipinski definition) is 3. The summed E-state index contributed by atoms with van der Waals surface area (Å²) in [5, 5.41) is 5.31. The number of nitrogens with zero attached hydrogens (tertiary/aromatic N) is 4. The lowest BCUT2D eigenvalue weighted by Gasteiger charge is -2.28. The zero-order valence-electron chi connectivity index (χ0n) is 30.2. The van der Waals surface area contributed by atoms with E-state index in [0.717, 1.165) is 18.1 Å². The van der Waals surface area contributed by atoms with Gasteiger partial charge < -0.3 is 9.80 Å². The van der Waals surface area contributed by atoms with Gasteiger partial charge in [0, 0.05) is 28.7 Å². The number of fused-ring (bicyclic) bond motifs is 4. The molecule has 52 heavy (non-hydrogen) atoms.